The van der Waals surface area contributed by atoms with Crippen molar-refractivity contribution in [2.24, 2.45) is 0 Å². The average molecular weight is 322 g/mol. The van der Waals surface area contributed by atoms with Crippen LogP contribution in [0.2, 0.25) is 0 Å². The predicted molar refractivity (Wildman–Crippen MR) is 76.5 cm³/mol. The molecule has 0 spiro atoms. The van der Waals surface area contributed by atoms with Gasteiger partial charge in [0.25, 0.3) is 0 Å². The number of halogens is 1. The monoisotopic (exact) mass is 322 g/mol. The lowest BCUT2D eigenvalue weighted by Crippen LogP contribution is -2.30. The maximum absolute atomic E-state index is 13.7. The van der Waals surface area contributed by atoms with Crippen molar-refractivity contribution in [3.8, 4) is 5.75 Å². The van der Waals surface area contributed by atoms with Crippen LogP contribution >= 0.6 is 0 Å². The average Bonchev–Trinajstić information content (AvgIpc) is 2.95. The van der Waals surface area contributed by atoms with E-state index in [-0.39, 0.29) is 18.0 Å². The summed E-state index contributed by atoms with van der Waals surface area (Å²) in [6.07, 6.45) is 1.15. The van der Waals surface area contributed by atoms with Gasteiger partial charge in [0, 0.05) is 0 Å². The molecule has 1 amide bonds. The van der Waals surface area contributed by atoms with Crippen LogP contribution in [0.3, 0.4) is 0 Å². The van der Waals surface area contributed by atoms with E-state index in [2.05, 4.69) is 15.6 Å². The summed E-state index contributed by atoms with van der Waals surface area (Å²) in [7, 11) is 1.37. The van der Waals surface area contributed by atoms with Crippen LogP contribution in [0.5, 0.6) is 5.75 Å². The zero-order valence-electron chi connectivity index (χ0n) is 12.5. The van der Waals surface area contributed by atoms with Crippen molar-refractivity contribution in [2.75, 3.05) is 7.11 Å². The summed E-state index contributed by atoms with van der Waals surface area (Å²) in [4.78, 5) is 22.6. The quantitative estimate of drug-likeness (QED) is 0.822. The molecule has 0 aliphatic rings. The summed E-state index contributed by atoms with van der Waals surface area (Å²) in [5.41, 5.74) is 0.324. The number of aromatic carboxylic acids is 1. The Labute approximate surface area is 130 Å². The molecular formula is C14H15FN4O4. The van der Waals surface area contributed by atoms with Gasteiger partial charge < -0.3 is 15.2 Å². The molecule has 0 radical (unpaired) electrons. The number of methoxy groups -OCH3 is 1. The maximum Gasteiger partial charge on any atom is 0.358 e. The van der Waals surface area contributed by atoms with Crippen molar-refractivity contribution < 1.29 is 23.8 Å². The first kappa shape index (κ1) is 16.4. The molecule has 0 saturated carbocycles. The number of ether oxygens (including phenoxy) is 1. The molecule has 23 heavy (non-hydrogen) atoms. The third kappa shape index (κ3) is 4.02. The summed E-state index contributed by atoms with van der Waals surface area (Å²) in [5, 5.41) is 18.3. The zero-order chi connectivity index (χ0) is 17.0. The minimum absolute atomic E-state index is 0.121. The highest BCUT2D eigenvalue weighted by atomic mass is 19.1. The number of carbonyl (C=O) groups excluding carboxylic acids is 1. The molecule has 1 aromatic carbocycles. The van der Waals surface area contributed by atoms with Crippen LogP contribution in [0, 0.1) is 5.82 Å². The fraction of sp³-hybridized carbons (Fsp3) is 0.286. The lowest BCUT2D eigenvalue weighted by molar-refractivity contribution is -0.122. The highest BCUT2D eigenvalue weighted by Crippen LogP contribution is 2.21. The van der Waals surface area contributed by atoms with E-state index in [1.165, 1.54) is 19.2 Å². The Morgan fingerprint density at radius 2 is 2.22 bits per heavy atom. The number of hydrogen-bond acceptors (Lipinski definition) is 5. The fourth-order valence-electron chi connectivity index (χ4n) is 1.94. The van der Waals surface area contributed by atoms with Gasteiger partial charge in [-0.15, -0.1) is 5.10 Å². The summed E-state index contributed by atoms with van der Waals surface area (Å²) in [6.45, 7) is 1.51. The number of amides is 1. The number of carboxylic acid groups (broad SMARTS) is 1. The van der Waals surface area contributed by atoms with Crippen molar-refractivity contribution >= 4 is 11.9 Å². The second-order valence-corrected chi connectivity index (χ2v) is 4.79. The highest BCUT2D eigenvalue weighted by Gasteiger charge is 2.14. The smallest absolute Gasteiger partial charge is 0.358 e. The molecule has 2 N–H and O–H groups in total. The van der Waals surface area contributed by atoms with Crippen LogP contribution in [-0.4, -0.2) is 39.1 Å². The van der Waals surface area contributed by atoms with Gasteiger partial charge in [-0.05, 0) is 24.6 Å². The van der Waals surface area contributed by atoms with Crippen molar-refractivity contribution in [2.45, 2.75) is 19.5 Å². The number of carboxylic acids is 1. The largest absolute Gasteiger partial charge is 0.494 e. The molecule has 1 unspecified atom stereocenters. The van der Waals surface area contributed by atoms with Crippen molar-refractivity contribution in [3.05, 3.63) is 41.5 Å². The first-order valence-electron chi connectivity index (χ1n) is 6.67. The van der Waals surface area contributed by atoms with Gasteiger partial charge in [0.2, 0.25) is 5.91 Å². The Bertz CT molecular complexity index is 731. The van der Waals surface area contributed by atoms with Gasteiger partial charge in [-0.1, -0.05) is 11.3 Å². The predicted octanol–water partition coefficient (Wildman–Crippen LogP) is 1.00. The Hall–Kier alpha value is -2.97. The van der Waals surface area contributed by atoms with Gasteiger partial charge in [0.15, 0.2) is 17.3 Å². The summed E-state index contributed by atoms with van der Waals surface area (Å²) in [6, 6.07) is 3.96. The highest BCUT2D eigenvalue weighted by molar-refractivity contribution is 5.84. The normalized spacial score (nSPS) is 11.8. The summed E-state index contributed by atoms with van der Waals surface area (Å²) in [5.74, 6) is -2.03. The van der Waals surface area contributed by atoms with E-state index in [0.29, 0.717) is 5.56 Å². The van der Waals surface area contributed by atoms with Gasteiger partial charge in [-0.2, -0.15) is 0 Å². The van der Waals surface area contributed by atoms with Gasteiger partial charge in [0.05, 0.1) is 19.3 Å². The van der Waals surface area contributed by atoms with Crippen LogP contribution in [-0.2, 0) is 11.3 Å². The number of hydrogen-bond donors (Lipinski definition) is 2. The standard InChI is InChI=1S/C14H15FN4O4/c1-8(9-3-4-12(23-2)10(15)5-9)16-13(20)7-19-6-11(14(21)22)17-18-19/h3-6,8H,7H2,1-2H3,(H,16,20)(H,21,22). The van der Waals surface area contributed by atoms with Crippen LogP contribution in [0.25, 0.3) is 0 Å². The van der Waals surface area contributed by atoms with Crippen molar-refractivity contribution in [1.29, 1.82) is 0 Å². The van der Waals surface area contributed by atoms with Crippen molar-refractivity contribution in [3.63, 3.8) is 0 Å². The minimum Gasteiger partial charge on any atom is -0.494 e. The number of carbonyl (C=O) groups is 2. The van der Waals surface area contributed by atoms with E-state index >= 15 is 0 Å². The maximum atomic E-state index is 13.7. The van der Waals surface area contributed by atoms with E-state index in [1.54, 1.807) is 13.0 Å². The van der Waals surface area contributed by atoms with Gasteiger partial charge in [-0.25, -0.2) is 13.9 Å². The minimum atomic E-state index is -1.22. The van der Waals surface area contributed by atoms with E-state index in [1.807, 2.05) is 0 Å². The molecule has 0 aliphatic carbocycles. The first-order valence-corrected chi connectivity index (χ1v) is 6.67. The Morgan fingerprint density at radius 1 is 1.48 bits per heavy atom. The lowest BCUT2D eigenvalue weighted by Gasteiger charge is -2.15. The second kappa shape index (κ2) is 6.86. The third-order valence-corrected chi connectivity index (χ3v) is 3.12. The first-order chi connectivity index (χ1) is 10.9. The van der Waals surface area contributed by atoms with Gasteiger partial charge >= 0.3 is 5.97 Å². The molecule has 0 saturated heterocycles. The molecule has 2 rings (SSSR count). The molecule has 9 heteroatoms. The van der Waals surface area contributed by atoms with Crippen molar-refractivity contribution in [1.82, 2.24) is 20.3 Å². The molecule has 0 fully saturated rings. The number of nitrogens with one attached hydrogen (secondary N) is 1. The SMILES string of the molecule is COc1ccc(C(C)NC(=O)Cn2cc(C(=O)O)nn2)cc1F. The number of nitrogens with zero attached hydrogens (tertiary/aromatic N) is 3. The molecule has 1 atom stereocenters. The molecular weight excluding hydrogens is 307 g/mol. The molecule has 1 heterocycles. The Morgan fingerprint density at radius 3 is 2.78 bits per heavy atom. The second-order valence-electron chi connectivity index (χ2n) is 4.79. The molecule has 1 aromatic heterocycles. The van der Waals surface area contributed by atoms with E-state index in [9.17, 15) is 14.0 Å². The van der Waals surface area contributed by atoms with E-state index < -0.39 is 23.7 Å². The van der Waals surface area contributed by atoms with Gasteiger partial charge in [0.1, 0.15) is 6.54 Å². The zero-order valence-corrected chi connectivity index (χ0v) is 12.5. The van der Waals surface area contributed by atoms with Gasteiger partial charge in [-0.3, -0.25) is 4.79 Å². The number of aromatic nitrogens is 3. The lowest BCUT2D eigenvalue weighted by atomic mass is 10.1. The molecule has 0 aliphatic heterocycles. The van der Waals surface area contributed by atoms with Crippen LogP contribution in [0.15, 0.2) is 24.4 Å². The Kier molecular flexibility index (Phi) is 4.89. The number of benzene rings is 1. The summed E-state index contributed by atoms with van der Waals surface area (Å²) >= 11 is 0. The fourth-order valence-corrected chi connectivity index (χ4v) is 1.94. The summed E-state index contributed by atoms with van der Waals surface area (Å²) < 4.78 is 19.6. The number of rotatable bonds is 6. The molecule has 0 bridgehead atoms. The van der Waals surface area contributed by atoms with Crippen LogP contribution < -0.4 is 10.1 Å². The Balaban J connectivity index is 1.98. The van der Waals surface area contributed by atoms with Crippen LogP contribution in [0.4, 0.5) is 4.39 Å². The topological polar surface area (TPSA) is 106 Å². The molecule has 8 nitrogen and oxygen atoms in total. The molecule has 2 aromatic rings. The molecule has 122 valence electrons. The van der Waals surface area contributed by atoms with E-state index in [0.717, 1.165) is 10.9 Å². The van der Waals surface area contributed by atoms with Crippen LogP contribution in [0.1, 0.15) is 29.0 Å². The van der Waals surface area contributed by atoms with E-state index in [4.69, 9.17) is 9.84 Å². The third-order valence-electron chi connectivity index (χ3n) is 3.12.